The van der Waals surface area contributed by atoms with Crippen molar-refractivity contribution in [3.63, 3.8) is 0 Å². The van der Waals surface area contributed by atoms with Gasteiger partial charge in [0.2, 0.25) is 0 Å². The Bertz CT molecular complexity index is 756. The van der Waals surface area contributed by atoms with E-state index in [2.05, 4.69) is 15.9 Å². The van der Waals surface area contributed by atoms with Crippen molar-refractivity contribution in [2.24, 2.45) is 0 Å². The highest BCUT2D eigenvalue weighted by Gasteiger charge is 2.20. The summed E-state index contributed by atoms with van der Waals surface area (Å²) in [7, 11) is 3.25. The largest absolute Gasteiger partial charge is 0.493 e. The summed E-state index contributed by atoms with van der Waals surface area (Å²) in [6.07, 6.45) is -0.715. The standard InChI is InChI=1S/C19H21BrFNO4/c1-13(26-16-9-8-14(21)12-15(16)20)19(23)22(2)10-11-25-18-7-5-4-6-17(18)24-3/h4-9,12-13H,10-11H2,1-3H3. The average molecular weight is 426 g/mol. The number of para-hydroxylation sites is 2. The minimum Gasteiger partial charge on any atom is -0.493 e. The third kappa shape index (κ3) is 5.36. The Hall–Kier alpha value is -2.28. The molecule has 1 amide bonds. The third-order valence-corrected chi connectivity index (χ3v) is 4.29. The molecule has 0 radical (unpaired) electrons. The van der Waals surface area contributed by atoms with E-state index in [1.165, 1.54) is 23.1 Å². The van der Waals surface area contributed by atoms with E-state index in [0.717, 1.165) is 0 Å². The number of nitrogens with zero attached hydrogens (tertiary/aromatic N) is 1. The Balaban J connectivity index is 1.86. The molecular weight excluding hydrogens is 405 g/mol. The fourth-order valence-electron chi connectivity index (χ4n) is 2.26. The van der Waals surface area contributed by atoms with Gasteiger partial charge >= 0.3 is 0 Å². The number of ether oxygens (including phenoxy) is 3. The van der Waals surface area contributed by atoms with Crippen LogP contribution in [0.25, 0.3) is 0 Å². The molecule has 0 N–H and O–H groups in total. The number of methoxy groups -OCH3 is 1. The van der Waals surface area contributed by atoms with Crippen molar-refractivity contribution in [2.75, 3.05) is 27.3 Å². The summed E-state index contributed by atoms with van der Waals surface area (Å²) in [6.45, 7) is 2.35. The first-order valence-electron chi connectivity index (χ1n) is 8.05. The molecule has 2 aromatic rings. The Labute approximate surface area is 160 Å². The molecule has 7 heteroatoms. The second kappa shape index (κ2) is 9.43. The SMILES string of the molecule is COc1ccccc1OCCN(C)C(=O)C(C)Oc1ccc(F)cc1Br. The van der Waals surface area contributed by atoms with Crippen molar-refractivity contribution in [3.8, 4) is 17.2 Å². The lowest BCUT2D eigenvalue weighted by molar-refractivity contribution is -0.136. The molecule has 1 atom stereocenters. The number of carbonyl (C=O) groups excluding carboxylic acids is 1. The molecule has 0 saturated carbocycles. The van der Waals surface area contributed by atoms with Gasteiger partial charge in [-0.05, 0) is 53.2 Å². The first-order chi connectivity index (χ1) is 12.4. The number of hydrogen-bond acceptors (Lipinski definition) is 4. The van der Waals surface area contributed by atoms with Crippen molar-refractivity contribution in [1.82, 2.24) is 4.90 Å². The van der Waals surface area contributed by atoms with Crippen molar-refractivity contribution in [2.45, 2.75) is 13.0 Å². The van der Waals surface area contributed by atoms with Crippen LogP contribution in [0.1, 0.15) is 6.92 Å². The summed E-state index contributed by atoms with van der Waals surface area (Å²) in [5.41, 5.74) is 0. The molecule has 0 heterocycles. The Kier molecular flexibility index (Phi) is 7.26. The quantitative estimate of drug-likeness (QED) is 0.643. The molecule has 0 aliphatic rings. The number of hydrogen-bond donors (Lipinski definition) is 0. The van der Waals surface area contributed by atoms with Crippen molar-refractivity contribution in [3.05, 3.63) is 52.8 Å². The maximum absolute atomic E-state index is 13.1. The first kappa shape index (κ1) is 20.0. The van der Waals surface area contributed by atoms with Gasteiger partial charge in [0.05, 0.1) is 18.1 Å². The van der Waals surface area contributed by atoms with Crippen LogP contribution in [0.2, 0.25) is 0 Å². The van der Waals surface area contributed by atoms with E-state index in [1.54, 1.807) is 33.2 Å². The fraction of sp³-hybridized carbons (Fsp3) is 0.316. The monoisotopic (exact) mass is 425 g/mol. The van der Waals surface area contributed by atoms with Crippen molar-refractivity contribution in [1.29, 1.82) is 0 Å². The molecular formula is C19H21BrFNO4. The summed E-state index contributed by atoms with van der Waals surface area (Å²) in [5, 5.41) is 0. The minimum atomic E-state index is -0.715. The van der Waals surface area contributed by atoms with E-state index in [9.17, 15) is 9.18 Å². The van der Waals surface area contributed by atoms with E-state index in [0.29, 0.717) is 34.9 Å². The molecule has 26 heavy (non-hydrogen) atoms. The zero-order valence-electron chi connectivity index (χ0n) is 14.9. The second-order valence-electron chi connectivity index (χ2n) is 5.59. The van der Waals surface area contributed by atoms with Crippen LogP contribution in [0.5, 0.6) is 17.2 Å². The van der Waals surface area contributed by atoms with Crippen LogP contribution >= 0.6 is 15.9 Å². The summed E-state index contributed by atoms with van der Waals surface area (Å²) in [5.74, 6) is 1.08. The molecule has 0 aromatic heterocycles. The smallest absolute Gasteiger partial charge is 0.263 e. The highest BCUT2D eigenvalue weighted by Crippen LogP contribution is 2.27. The van der Waals surface area contributed by atoms with Gasteiger partial charge in [0.1, 0.15) is 18.2 Å². The zero-order chi connectivity index (χ0) is 19.1. The van der Waals surface area contributed by atoms with Gasteiger partial charge in [0.25, 0.3) is 5.91 Å². The molecule has 140 valence electrons. The van der Waals surface area contributed by atoms with Crippen LogP contribution in [-0.2, 0) is 4.79 Å². The maximum atomic E-state index is 13.1. The third-order valence-electron chi connectivity index (χ3n) is 3.67. The summed E-state index contributed by atoms with van der Waals surface area (Å²) < 4.78 is 30.1. The molecule has 0 bridgehead atoms. The number of carbonyl (C=O) groups is 1. The minimum absolute atomic E-state index is 0.204. The van der Waals surface area contributed by atoms with Gasteiger partial charge < -0.3 is 19.1 Å². The lowest BCUT2D eigenvalue weighted by atomic mass is 10.3. The number of amides is 1. The van der Waals surface area contributed by atoms with Crippen LogP contribution in [0.4, 0.5) is 4.39 Å². The molecule has 0 aliphatic heterocycles. The van der Waals surface area contributed by atoms with Crippen LogP contribution in [0.15, 0.2) is 46.9 Å². The van der Waals surface area contributed by atoms with Gasteiger partial charge in [-0.1, -0.05) is 12.1 Å². The number of benzene rings is 2. The molecule has 2 rings (SSSR count). The topological polar surface area (TPSA) is 48.0 Å². The van der Waals surface area contributed by atoms with Crippen LogP contribution in [0.3, 0.4) is 0 Å². The Morgan fingerprint density at radius 2 is 1.88 bits per heavy atom. The van der Waals surface area contributed by atoms with Crippen LogP contribution in [0, 0.1) is 5.82 Å². The second-order valence-corrected chi connectivity index (χ2v) is 6.45. The molecule has 0 saturated heterocycles. The van der Waals surface area contributed by atoms with Crippen molar-refractivity contribution < 1.29 is 23.4 Å². The lowest BCUT2D eigenvalue weighted by Gasteiger charge is -2.22. The predicted octanol–water partition coefficient (Wildman–Crippen LogP) is 3.90. The summed E-state index contributed by atoms with van der Waals surface area (Å²) in [4.78, 5) is 13.9. The van der Waals surface area contributed by atoms with E-state index in [-0.39, 0.29) is 11.7 Å². The highest BCUT2D eigenvalue weighted by molar-refractivity contribution is 9.10. The zero-order valence-corrected chi connectivity index (χ0v) is 16.5. The van der Waals surface area contributed by atoms with Gasteiger partial charge in [0, 0.05) is 7.05 Å². The number of halogens is 2. The molecule has 1 unspecified atom stereocenters. The van der Waals surface area contributed by atoms with Gasteiger partial charge in [-0.15, -0.1) is 0 Å². The molecule has 0 aliphatic carbocycles. The van der Waals surface area contributed by atoms with Gasteiger partial charge in [-0.2, -0.15) is 0 Å². The molecule has 2 aromatic carbocycles. The predicted molar refractivity (Wildman–Crippen MR) is 100 cm³/mol. The lowest BCUT2D eigenvalue weighted by Crippen LogP contribution is -2.40. The maximum Gasteiger partial charge on any atom is 0.263 e. The van der Waals surface area contributed by atoms with Crippen molar-refractivity contribution >= 4 is 21.8 Å². The average Bonchev–Trinajstić information content (AvgIpc) is 2.63. The van der Waals surface area contributed by atoms with Gasteiger partial charge in [-0.25, -0.2) is 4.39 Å². The van der Waals surface area contributed by atoms with E-state index >= 15 is 0 Å². The van der Waals surface area contributed by atoms with Gasteiger partial charge in [-0.3, -0.25) is 4.79 Å². The van der Waals surface area contributed by atoms with E-state index in [1.807, 2.05) is 12.1 Å². The van der Waals surface area contributed by atoms with E-state index in [4.69, 9.17) is 14.2 Å². The summed E-state index contributed by atoms with van der Waals surface area (Å²) >= 11 is 3.22. The van der Waals surface area contributed by atoms with Crippen LogP contribution < -0.4 is 14.2 Å². The highest BCUT2D eigenvalue weighted by atomic mass is 79.9. The fourth-order valence-corrected chi connectivity index (χ4v) is 2.71. The Morgan fingerprint density at radius 1 is 1.19 bits per heavy atom. The molecule has 5 nitrogen and oxygen atoms in total. The normalized spacial score (nSPS) is 11.6. The van der Waals surface area contributed by atoms with E-state index < -0.39 is 6.10 Å². The Morgan fingerprint density at radius 3 is 2.54 bits per heavy atom. The summed E-state index contributed by atoms with van der Waals surface area (Å²) in [6, 6.07) is 11.4. The molecule has 0 fully saturated rings. The first-order valence-corrected chi connectivity index (χ1v) is 8.84. The van der Waals surface area contributed by atoms with Crippen LogP contribution in [-0.4, -0.2) is 44.2 Å². The van der Waals surface area contributed by atoms with Gasteiger partial charge in [0.15, 0.2) is 17.6 Å². The molecule has 0 spiro atoms. The number of likely N-dealkylation sites (N-methyl/N-ethyl adjacent to an activating group) is 1. The number of rotatable bonds is 8.